The summed E-state index contributed by atoms with van der Waals surface area (Å²) in [6.45, 7) is 2.85. The quantitative estimate of drug-likeness (QED) is 0.778. The minimum absolute atomic E-state index is 0.00764. The van der Waals surface area contributed by atoms with E-state index >= 15 is 0 Å². The van der Waals surface area contributed by atoms with E-state index in [-0.39, 0.29) is 12.5 Å². The van der Waals surface area contributed by atoms with Crippen LogP contribution < -0.4 is 14.9 Å². The molecule has 102 valence electrons. The molecule has 1 aliphatic heterocycles. The van der Waals surface area contributed by atoms with Gasteiger partial charge in [0.2, 0.25) is 5.91 Å². The molecule has 0 atom stereocenters. The van der Waals surface area contributed by atoms with Crippen LogP contribution in [0.4, 0.5) is 11.4 Å². The number of hydrogen-bond acceptors (Lipinski definition) is 5. The minimum Gasteiger partial charge on any atom is -0.490 e. The van der Waals surface area contributed by atoms with Crippen molar-refractivity contribution in [2.24, 2.45) is 0 Å². The summed E-state index contributed by atoms with van der Waals surface area (Å²) in [6.07, 6.45) is 0. The zero-order chi connectivity index (χ0) is 13.8. The zero-order valence-corrected chi connectivity index (χ0v) is 11.0. The van der Waals surface area contributed by atoms with Crippen LogP contribution in [0, 0.1) is 0 Å². The molecule has 6 nitrogen and oxygen atoms in total. The Morgan fingerprint density at radius 2 is 2.42 bits per heavy atom. The standard InChI is InChI=1S/C12H17BN2O4/c1-13(17)15-5-6-19-11-4-3-9(7-10(11)15)14-12(16)8-18-2/h3-4,7,17H,5-6,8H2,1-2H3,(H,14,16). The van der Waals surface area contributed by atoms with E-state index in [2.05, 4.69) is 5.32 Å². The van der Waals surface area contributed by atoms with Crippen LogP contribution in [0.1, 0.15) is 0 Å². The maximum absolute atomic E-state index is 11.5. The van der Waals surface area contributed by atoms with Gasteiger partial charge in [0.05, 0.1) is 5.69 Å². The van der Waals surface area contributed by atoms with Crippen LogP contribution >= 0.6 is 0 Å². The number of amides is 1. The van der Waals surface area contributed by atoms with Gasteiger partial charge < -0.3 is 24.6 Å². The molecule has 7 heteroatoms. The summed E-state index contributed by atoms with van der Waals surface area (Å²) < 4.78 is 10.3. The van der Waals surface area contributed by atoms with Gasteiger partial charge in [0.25, 0.3) is 0 Å². The molecule has 1 heterocycles. The predicted molar refractivity (Wildman–Crippen MR) is 73.6 cm³/mol. The van der Waals surface area contributed by atoms with Gasteiger partial charge >= 0.3 is 7.05 Å². The van der Waals surface area contributed by atoms with E-state index in [1.165, 1.54) is 7.11 Å². The number of carbonyl (C=O) groups excluding carboxylic acids is 1. The average molecular weight is 264 g/mol. The number of nitrogens with zero attached hydrogens (tertiary/aromatic N) is 1. The third-order valence-corrected chi connectivity index (χ3v) is 2.87. The molecule has 1 aromatic carbocycles. The van der Waals surface area contributed by atoms with Gasteiger partial charge in [0, 0.05) is 19.3 Å². The second-order valence-corrected chi connectivity index (χ2v) is 4.34. The summed E-state index contributed by atoms with van der Waals surface area (Å²) in [5.41, 5.74) is 1.42. The summed E-state index contributed by atoms with van der Waals surface area (Å²) in [5.74, 6) is 0.486. The smallest absolute Gasteiger partial charge is 0.409 e. The Morgan fingerprint density at radius 3 is 3.11 bits per heavy atom. The molecule has 1 aromatic rings. The normalized spacial score (nSPS) is 13.5. The van der Waals surface area contributed by atoms with Gasteiger partial charge in [-0.3, -0.25) is 4.79 Å². The Morgan fingerprint density at radius 1 is 1.63 bits per heavy atom. The Bertz CT molecular complexity index is 467. The van der Waals surface area contributed by atoms with Crippen molar-refractivity contribution < 1.29 is 19.3 Å². The van der Waals surface area contributed by atoms with Gasteiger partial charge in [-0.15, -0.1) is 0 Å². The summed E-state index contributed by atoms with van der Waals surface area (Å²) in [6, 6.07) is 5.33. The van der Waals surface area contributed by atoms with E-state index < -0.39 is 7.05 Å². The number of nitrogens with one attached hydrogen (secondary N) is 1. The first-order chi connectivity index (χ1) is 9.11. The minimum atomic E-state index is -0.604. The predicted octanol–water partition coefficient (Wildman–Crippen LogP) is 0.581. The lowest BCUT2D eigenvalue weighted by Crippen LogP contribution is -2.42. The van der Waals surface area contributed by atoms with Crippen molar-refractivity contribution in [3.8, 4) is 5.75 Å². The lowest BCUT2D eigenvalue weighted by molar-refractivity contribution is -0.119. The van der Waals surface area contributed by atoms with Crippen molar-refractivity contribution in [1.82, 2.24) is 0 Å². The first kappa shape index (κ1) is 13.7. The van der Waals surface area contributed by atoms with Crippen LogP contribution in [0.15, 0.2) is 18.2 Å². The first-order valence-electron chi connectivity index (χ1n) is 6.12. The van der Waals surface area contributed by atoms with Crippen molar-refractivity contribution in [2.45, 2.75) is 6.82 Å². The van der Waals surface area contributed by atoms with Crippen molar-refractivity contribution in [3.63, 3.8) is 0 Å². The molecule has 0 saturated heterocycles. The molecule has 0 unspecified atom stereocenters. The first-order valence-corrected chi connectivity index (χ1v) is 6.12. The van der Waals surface area contributed by atoms with Gasteiger partial charge in [-0.25, -0.2) is 0 Å². The van der Waals surface area contributed by atoms with E-state index in [0.29, 0.717) is 24.6 Å². The van der Waals surface area contributed by atoms with Gasteiger partial charge in [-0.05, 0) is 25.0 Å². The molecule has 2 rings (SSSR count). The second-order valence-electron chi connectivity index (χ2n) is 4.34. The van der Waals surface area contributed by atoms with Crippen LogP contribution in [0.2, 0.25) is 6.82 Å². The van der Waals surface area contributed by atoms with Crippen molar-refractivity contribution >= 4 is 24.3 Å². The number of carbonyl (C=O) groups is 1. The monoisotopic (exact) mass is 264 g/mol. The molecule has 0 bridgehead atoms. The summed E-state index contributed by atoms with van der Waals surface area (Å²) >= 11 is 0. The number of benzene rings is 1. The molecule has 2 N–H and O–H groups in total. The topological polar surface area (TPSA) is 71.0 Å². The van der Waals surface area contributed by atoms with Gasteiger partial charge in [0.1, 0.15) is 19.0 Å². The third kappa shape index (κ3) is 3.18. The molecule has 0 radical (unpaired) electrons. The molecule has 0 fully saturated rings. The lowest BCUT2D eigenvalue weighted by Gasteiger charge is -2.32. The van der Waals surface area contributed by atoms with Crippen LogP contribution in [0.5, 0.6) is 5.75 Å². The number of methoxy groups -OCH3 is 1. The second kappa shape index (κ2) is 5.94. The van der Waals surface area contributed by atoms with E-state index in [4.69, 9.17) is 9.47 Å². The summed E-state index contributed by atoms with van der Waals surface area (Å²) in [4.78, 5) is 13.3. The molecule has 1 amide bonds. The SMILES string of the molecule is COCC(=O)Nc1ccc2c(c1)N(B(C)O)CCO2. The molecule has 0 saturated carbocycles. The molecular weight excluding hydrogens is 247 g/mol. The lowest BCUT2D eigenvalue weighted by atomic mass is 9.83. The summed E-state index contributed by atoms with van der Waals surface area (Å²) in [7, 11) is 0.864. The number of hydrogen-bond donors (Lipinski definition) is 2. The fourth-order valence-electron chi connectivity index (χ4n) is 2.03. The fourth-order valence-corrected chi connectivity index (χ4v) is 2.03. The Labute approximate surface area is 112 Å². The number of rotatable bonds is 4. The van der Waals surface area contributed by atoms with E-state index in [0.717, 1.165) is 5.69 Å². The Kier molecular flexibility index (Phi) is 4.29. The van der Waals surface area contributed by atoms with E-state index in [9.17, 15) is 9.82 Å². The number of anilines is 2. The molecule has 1 aliphatic rings. The summed E-state index contributed by atoms with van der Waals surface area (Å²) in [5, 5.41) is 12.5. The average Bonchev–Trinajstić information content (AvgIpc) is 2.38. The molecular formula is C12H17BN2O4. The van der Waals surface area contributed by atoms with Crippen LogP contribution in [-0.4, -0.2) is 44.9 Å². The fraction of sp³-hybridized carbons (Fsp3) is 0.417. The van der Waals surface area contributed by atoms with Crippen molar-refractivity contribution in [3.05, 3.63) is 18.2 Å². The van der Waals surface area contributed by atoms with Gasteiger partial charge in [0.15, 0.2) is 0 Å². The highest BCUT2D eigenvalue weighted by molar-refractivity contribution is 6.54. The maximum atomic E-state index is 11.5. The molecule has 0 spiro atoms. The van der Waals surface area contributed by atoms with Crippen molar-refractivity contribution in [2.75, 3.05) is 37.0 Å². The Balaban J connectivity index is 2.21. The van der Waals surface area contributed by atoms with Crippen LogP contribution in [0.25, 0.3) is 0 Å². The third-order valence-electron chi connectivity index (χ3n) is 2.87. The van der Waals surface area contributed by atoms with E-state index in [1.807, 2.05) is 4.81 Å². The van der Waals surface area contributed by atoms with Crippen molar-refractivity contribution in [1.29, 1.82) is 0 Å². The molecule has 0 aliphatic carbocycles. The molecule has 0 aromatic heterocycles. The van der Waals surface area contributed by atoms with Crippen LogP contribution in [-0.2, 0) is 9.53 Å². The molecule has 19 heavy (non-hydrogen) atoms. The van der Waals surface area contributed by atoms with E-state index in [1.54, 1.807) is 25.0 Å². The number of fused-ring (bicyclic) bond motifs is 1. The van der Waals surface area contributed by atoms with Crippen LogP contribution in [0.3, 0.4) is 0 Å². The highest BCUT2D eigenvalue weighted by Gasteiger charge is 2.24. The zero-order valence-electron chi connectivity index (χ0n) is 11.0. The maximum Gasteiger partial charge on any atom is 0.409 e. The number of ether oxygens (including phenoxy) is 2. The largest absolute Gasteiger partial charge is 0.490 e. The Hall–Kier alpha value is -1.73. The highest BCUT2D eigenvalue weighted by Crippen LogP contribution is 2.34. The van der Waals surface area contributed by atoms with Gasteiger partial charge in [-0.2, -0.15) is 0 Å². The van der Waals surface area contributed by atoms with Gasteiger partial charge in [-0.1, -0.05) is 0 Å². The highest BCUT2D eigenvalue weighted by atomic mass is 16.5.